The fourth-order valence-corrected chi connectivity index (χ4v) is 18.9. The van der Waals surface area contributed by atoms with E-state index in [0.29, 0.717) is 11.8 Å². The van der Waals surface area contributed by atoms with Crippen molar-refractivity contribution in [2.45, 2.75) is 104 Å². The van der Waals surface area contributed by atoms with Crippen LogP contribution in [0.2, 0.25) is 0 Å². The van der Waals surface area contributed by atoms with Crippen LogP contribution in [0.25, 0.3) is 0 Å². The van der Waals surface area contributed by atoms with Crippen LogP contribution in [0.4, 0.5) is 0 Å². The van der Waals surface area contributed by atoms with E-state index in [2.05, 4.69) is 111 Å². The van der Waals surface area contributed by atoms with Gasteiger partial charge in [0.2, 0.25) is 0 Å². The average molecular weight is 653 g/mol. The molecule has 8 rings (SSSR count). The summed E-state index contributed by atoms with van der Waals surface area (Å²) in [5.41, 5.74) is 12.7. The van der Waals surface area contributed by atoms with Crippen LogP contribution < -0.4 is 7.74 Å². The number of rotatable bonds is 8. The van der Waals surface area contributed by atoms with Gasteiger partial charge in [0.15, 0.2) is 0 Å². The van der Waals surface area contributed by atoms with E-state index in [0.717, 1.165) is 25.7 Å². The molecule has 0 aliphatic heterocycles. The Hall–Kier alpha value is -2.93. The van der Waals surface area contributed by atoms with Crippen LogP contribution in [-0.2, 0) is 16.6 Å². The standard InChI is InChI=1S/2C16H19.2C7H7.Ti/c2*1-2-7-13(8-3-1)15-11-6-12-16(15)14-9-4-5-10-14;2*1-7-5-3-2-4-6-7;/h2*4-5,9,11,13H,1-3,6-8,10H2;2*3-6H,1H3;. The Kier molecular flexibility index (Phi) is 9.02. The molecular weight excluding hydrogens is 600 g/mol. The molecule has 2 aromatic rings. The van der Waals surface area contributed by atoms with Crippen LogP contribution in [0.1, 0.15) is 101 Å². The molecule has 2 saturated carbocycles. The van der Waals surface area contributed by atoms with Crippen LogP contribution >= 0.6 is 0 Å². The molecular formula is C46H52Ti. The zero-order chi connectivity index (χ0) is 31.8. The second-order valence-electron chi connectivity index (χ2n) is 15.2. The van der Waals surface area contributed by atoms with Crippen molar-refractivity contribution in [1.29, 1.82) is 0 Å². The van der Waals surface area contributed by atoms with Crippen LogP contribution in [0, 0.1) is 25.7 Å². The maximum absolute atomic E-state index is 3.50. The molecule has 0 spiro atoms. The van der Waals surface area contributed by atoms with Crippen molar-refractivity contribution in [3.8, 4) is 0 Å². The summed E-state index contributed by atoms with van der Waals surface area (Å²) in [5, 5.41) is 0. The van der Waals surface area contributed by atoms with Gasteiger partial charge in [-0.15, -0.1) is 0 Å². The summed E-state index contributed by atoms with van der Waals surface area (Å²) in [6.45, 7) is 4.53. The molecule has 47 heavy (non-hydrogen) atoms. The predicted octanol–water partition coefficient (Wildman–Crippen LogP) is 11.5. The third-order valence-corrected chi connectivity index (χ3v) is 20.4. The van der Waals surface area contributed by atoms with Crippen molar-refractivity contribution >= 4 is 7.74 Å². The molecule has 0 nitrogen and oxygen atoms in total. The molecule has 2 fully saturated rings. The Morgan fingerprint density at radius 2 is 0.894 bits per heavy atom. The summed E-state index contributed by atoms with van der Waals surface area (Å²) < 4.78 is 6.92. The predicted molar refractivity (Wildman–Crippen MR) is 198 cm³/mol. The molecule has 0 saturated heterocycles. The minimum atomic E-state index is -3.50. The van der Waals surface area contributed by atoms with Crippen LogP contribution in [0.5, 0.6) is 0 Å². The molecule has 0 unspecified atom stereocenters. The van der Waals surface area contributed by atoms with Gasteiger partial charge in [0, 0.05) is 0 Å². The summed E-state index contributed by atoms with van der Waals surface area (Å²) >= 11 is -3.50. The SMILES string of the molecule is Cc1cc[c]([Ti]([C]2=C(C3=CC=CC3)C(C3CCCCC3)=CC2)([C]2=C(C3=CC=CC3)C(C3CCCCC3)=CC2)[c]2ccc(C)cc2)cc1. The van der Waals surface area contributed by atoms with Crippen molar-refractivity contribution in [2.24, 2.45) is 11.8 Å². The van der Waals surface area contributed by atoms with E-state index in [1.54, 1.807) is 41.2 Å². The number of hydrogen-bond donors (Lipinski definition) is 0. The molecule has 2 aromatic carbocycles. The summed E-state index contributed by atoms with van der Waals surface area (Å²) in [6.07, 6.45) is 38.1. The molecule has 0 aromatic heterocycles. The second kappa shape index (κ2) is 13.5. The van der Waals surface area contributed by atoms with Crippen LogP contribution in [0.15, 0.2) is 138 Å². The zero-order valence-electron chi connectivity index (χ0n) is 28.8. The Bertz CT molecular complexity index is 1630. The van der Waals surface area contributed by atoms with Gasteiger partial charge in [-0.25, -0.2) is 0 Å². The van der Waals surface area contributed by atoms with Crippen molar-refractivity contribution in [3.05, 3.63) is 149 Å². The zero-order valence-corrected chi connectivity index (χ0v) is 30.4. The van der Waals surface area contributed by atoms with Crippen molar-refractivity contribution in [1.82, 2.24) is 0 Å². The van der Waals surface area contributed by atoms with E-state index >= 15 is 0 Å². The van der Waals surface area contributed by atoms with Gasteiger partial charge in [-0.2, -0.15) is 0 Å². The molecule has 6 aliphatic carbocycles. The third kappa shape index (κ3) is 5.68. The second-order valence-corrected chi connectivity index (χ2v) is 21.3. The Morgan fingerprint density at radius 1 is 0.489 bits per heavy atom. The molecule has 0 heterocycles. The van der Waals surface area contributed by atoms with Gasteiger partial charge in [0.1, 0.15) is 0 Å². The first-order valence-corrected chi connectivity index (χ1v) is 22.0. The monoisotopic (exact) mass is 652 g/mol. The quantitative estimate of drug-likeness (QED) is 0.249. The van der Waals surface area contributed by atoms with Gasteiger partial charge < -0.3 is 0 Å². The van der Waals surface area contributed by atoms with E-state index < -0.39 is 16.6 Å². The molecule has 0 N–H and O–H groups in total. The molecule has 240 valence electrons. The van der Waals surface area contributed by atoms with Gasteiger partial charge in [-0.3, -0.25) is 0 Å². The normalized spacial score (nSPS) is 22.3. The summed E-state index contributed by atoms with van der Waals surface area (Å²) in [4.78, 5) is 0. The number of hydrogen-bond acceptors (Lipinski definition) is 0. The van der Waals surface area contributed by atoms with E-state index in [-0.39, 0.29) is 0 Å². The fourth-order valence-electron chi connectivity index (χ4n) is 10.1. The van der Waals surface area contributed by atoms with Gasteiger partial charge in [0.05, 0.1) is 0 Å². The Balaban J connectivity index is 1.45. The summed E-state index contributed by atoms with van der Waals surface area (Å²) in [7, 11) is 0. The molecule has 0 radical (unpaired) electrons. The summed E-state index contributed by atoms with van der Waals surface area (Å²) in [5.74, 6) is 1.42. The minimum absolute atomic E-state index is 0.712. The third-order valence-electron chi connectivity index (χ3n) is 12.4. The van der Waals surface area contributed by atoms with Crippen LogP contribution in [-0.4, -0.2) is 0 Å². The molecule has 0 atom stereocenters. The number of benzene rings is 2. The first-order chi connectivity index (χ1) is 23.1. The van der Waals surface area contributed by atoms with Gasteiger partial charge in [-0.05, 0) is 0 Å². The fraction of sp³-hybridized carbons (Fsp3) is 0.391. The Morgan fingerprint density at radius 3 is 1.26 bits per heavy atom. The van der Waals surface area contributed by atoms with Crippen molar-refractivity contribution in [2.75, 3.05) is 0 Å². The Labute approximate surface area is 287 Å². The molecule has 6 aliphatic rings. The molecule has 0 amide bonds. The molecule has 0 bridgehead atoms. The van der Waals surface area contributed by atoms with E-state index in [9.17, 15) is 0 Å². The van der Waals surface area contributed by atoms with Crippen LogP contribution in [0.3, 0.4) is 0 Å². The summed E-state index contributed by atoms with van der Waals surface area (Å²) in [6, 6.07) is 20.0. The van der Waals surface area contributed by atoms with Gasteiger partial charge in [-0.1, -0.05) is 0 Å². The van der Waals surface area contributed by atoms with Gasteiger partial charge >= 0.3 is 289 Å². The topological polar surface area (TPSA) is 0 Å². The average Bonchev–Trinajstić information content (AvgIpc) is 3.95. The molecule has 1 heteroatoms. The van der Waals surface area contributed by atoms with Crippen molar-refractivity contribution in [3.63, 3.8) is 0 Å². The van der Waals surface area contributed by atoms with E-state index in [1.165, 1.54) is 75.3 Å². The van der Waals surface area contributed by atoms with Gasteiger partial charge in [0.25, 0.3) is 0 Å². The number of allylic oxidation sites excluding steroid dienone is 16. The first kappa shape index (κ1) is 31.3. The maximum atomic E-state index is 2.74. The first-order valence-electron chi connectivity index (χ1n) is 18.9. The van der Waals surface area contributed by atoms with E-state index in [4.69, 9.17) is 0 Å². The van der Waals surface area contributed by atoms with E-state index in [1.807, 2.05) is 7.76 Å². The number of aryl methyl sites for hydroxylation is 2. The van der Waals surface area contributed by atoms with Crippen molar-refractivity contribution < 1.29 is 16.6 Å².